The van der Waals surface area contributed by atoms with Gasteiger partial charge in [-0.2, -0.15) is 0 Å². The highest BCUT2D eigenvalue weighted by atomic mass is 79.9. The molecule has 0 fully saturated rings. The molecule has 2 nitrogen and oxygen atoms in total. The standard InChI is InChI=1S/C8H11BrN2/c1-6(2)3-7-4-10-5-8(9)11-7/h4-6H,3H2,1-2H3. The molecule has 0 saturated heterocycles. The second-order valence-corrected chi connectivity index (χ2v) is 3.74. The molecule has 11 heavy (non-hydrogen) atoms. The van der Waals surface area contributed by atoms with Gasteiger partial charge in [-0.1, -0.05) is 13.8 Å². The van der Waals surface area contributed by atoms with Crippen LogP contribution in [0.2, 0.25) is 0 Å². The molecule has 1 aromatic rings. The van der Waals surface area contributed by atoms with E-state index in [-0.39, 0.29) is 0 Å². The first kappa shape index (κ1) is 8.65. The molecule has 1 heterocycles. The average Bonchev–Trinajstić information content (AvgIpc) is 1.85. The van der Waals surface area contributed by atoms with Gasteiger partial charge in [0, 0.05) is 6.20 Å². The van der Waals surface area contributed by atoms with Crippen LogP contribution in [0.3, 0.4) is 0 Å². The first-order chi connectivity index (χ1) is 5.18. The van der Waals surface area contributed by atoms with Gasteiger partial charge in [0.2, 0.25) is 0 Å². The predicted molar refractivity (Wildman–Crippen MR) is 48.3 cm³/mol. The lowest BCUT2D eigenvalue weighted by molar-refractivity contribution is 0.632. The lowest BCUT2D eigenvalue weighted by atomic mass is 10.1. The Balaban J connectivity index is 2.71. The van der Waals surface area contributed by atoms with Crippen molar-refractivity contribution in [2.24, 2.45) is 5.92 Å². The summed E-state index contributed by atoms with van der Waals surface area (Å²) in [5, 5.41) is 0. The van der Waals surface area contributed by atoms with Crippen molar-refractivity contribution in [2.75, 3.05) is 0 Å². The van der Waals surface area contributed by atoms with Crippen molar-refractivity contribution in [1.29, 1.82) is 0 Å². The van der Waals surface area contributed by atoms with E-state index in [1.807, 2.05) is 6.20 Å². The molecule has 1 aromatic heterocycles. The third-order valence-corrected chi connectivity index (χ3v) is 1.65. The van der Waals surface area contributed by atoms with Gasteiger partial charge in [0.25, 0.3) is 0 Å². The Morgan fingerprint density at radius 1 is 1.45 bits per heavy atom. The average molecular weight is 215 g/mol. The summed E-state index contributed by atoms with van der Waals surface area (Å²) in [6.07, 6.45) is 4.50. The first-order valence-electron chi connectivity index (χ1n) is 3.65. The van der Waals surface area contributed by atoms with Crippen LogP contribution in [-0.2, 0) is 6.42 Å². The summed E-state index contributed by atoms with van der Waals surface area (Å²) in [5.74, 6) is 0.638. The molecule has 1 rings (SSSR count). The summed E-state index contributed by atoms with van der Waals surface area (Å²) in [5.41, 5.74) is 1.05. The Bertz CT molecular complexity index is 235. The van der Waals surface area contributed by atoms with Crippen molar-refractivity contribution in [1.82, 2.24) is 9.97 Å². The Kier molecular flexibility index (Phi) is 3.00. The maximum absolute atomic E-state index is 4.27. The summed E-state index contributed by atoms with van der Waals surface area (Å²) < 4.78 is 0.815. The minimum Gasteiger partial charge on any atom is -0.260 e. The highest BCUT2D eigenvalue weighted by Crippen LogP contribution is 2.07. The lowest BCUT2D eigenvalue weighted by Crippen LogP contribution is -1.97. The summed E-state index contributed by atoms with van der Waals surface area (Å²) in [7, 11) is 0. The molecule has 0 saturated carbocycles. The largest absolute Gasteiger partial charge is 0.260 e. The van der Waals surface area contributed by atoms with E-state index in [0.29, 0.717) is 5.92 Å². The zero-order chi connectivity index (χ0) is 8.27. The van der Waals surface area contributed by atoms with Gasteiger partial charge in [-0.15, -0.1) is 0 Å². The summed E-state index contributed by atoms with van der Waals surface area (Å²) in [4.78, 5) is 8.30. The number of nitrogens with zero attached hydrogens (tertiary/aromatic N) is 2. The van der Waals surface area contributed by atoms with E-state index in [1.54, 1.807) is 6.20 Å². The number of halogens is 1. The zero-order valence-electron chi connectivity index (χ0n) is 6.71. The molecule has 0 bridgehead atoms. The van der Waals surface area contributed by atoms with Gasteiger partial charge in [-0.25, -0.2) is 4.98 Å². The van der Waals surface area contributed by atoms with Crippen LogP contribution < -0.4 is 0 Å². The minimum absolute atomic E-state index is 0.638. The first-order valence-corrected chi connectivity index (χ1v) is 4.44. The fraction of sp³-hybridized carbons (Fsp3) is 0.500. The van der Waals surface area contributed by atoms with Crippen LogP contribution in [0.5, 0.6) is 0 Å². The monoisotopic (exact) mass is 214 g/mol. The van der Waals surface area contributed by atoms with E-state index in [1.165, 1.54) is 0 Å². The molecule has 0 atom stereocenters. The third kappa shape index (κ3) is 2.97. The molecule has 0 radical (unpaired) electrons. The van der Waals surface area contributed by atoms with Crippen LogP contribution in [0.1, 0.15) is 19.5 Å². The molecule has 0 aliphatic carbocycles. The van der Waals surface area contributed by atoms with E-state index in [9.17, 15) is 0 Å². The maximum Gasteiger partial charge on any atom is 0.124 e. The predicted octanol–water partition coefficient (Wildman–Crippen LogP) is 2.44. The number of hydrogen-bond donors (Lipinski definition) is 0. The molecule has 0 aliphatic rings. The van der Waals surface area contributed by atoms with E-state index >= 15 is 0 Å². The van der Waals surface area contributed by atoms with Gasteiger partial charge < -0.3 is 0 Å². The van der Waals surface area contributed by atoms with Crippen molar-refractivity contribution < 1.29 is 0 Å². The van der Waals surface area contributed by atoms with Gasteiger partial charge in [0.05, 0.1) is 11.9 Å². The molecular weight excluding hydrogens is 204 g/mol. The Hall–Kier alpha value is -0.440. The summed E-state index contributed by atoms with van der Waals surface area (Å²) in [6.45, 7) is 4.34. The molecule has 3 heteroatoms. The van der Waals surface area contributed by atoms with Crippen LogP contribution in [0, 0.1) is 5.92 Å². The molecule has 0 spiro atoms. The Morgan fingerprint density at radius 3 is 2.73 bits per heavy atom. The molecule has 0 aliphatic heterocycles. The quantitative estimate of drug-likeness (QED) is 0.757. The molecule has 60 valence electrons. The lowest BCUT2D eigenvalue weighted by Gasteiger charge is -2.02. The van der Waals surface area contributed by atoms with Gasteiger partial charge in [-0.3, -0.25) is 4.98 Å². The van der Waals surface area contributed by atoms with Gasteiger partial charge in [0.15, 0.2) is 0 Å². The van der Waals surface area contributed by atoms with Crippen LogP contribution in [0.4, 0.5) is 0 Å². The van der Waals surface area contributed by atoms with E-state index in [4.69, 9.17) is 0 Å². The smallest absolute Gasteiger partial charge is 0.124 e. The Labute approximate surface area is 75.2 Å². The van der Waals surface area contributed by atoms with Crippen LogP contribution in [-0.4, -0.2) is 9.97 Å². The molecule has 0 unspecified atom stereocenters. The van der Waals surface area contributed by atoms with Crippen molar-refractivity contribution in [3.8, 4) is 0 Å². The molecule has 0 amide bonds. The fourth-order valence-electron chi connectivity index (χ4n) is 0.896. The second-order valence-electron chi connectivity index (χ2n) is 2.93. The van der Waals surface area contributed by atoms with Crippen molar-refractivity contribution in [3.63, 3.8) is 0 Å². The summed E-state index contributed by atoms with van der Waals surface area (Å²) >= 11 is 3.28. The van der Waals surface area contributed by atoms with E-state index < -0.39 is 0 Å². The summed E-state index contributed by atoms with van der Waals surface area (Å²) in [6, 6.07) is 0. The van der Waals surface area contributed by atoms with Crippen molar-refractivity contribution in [3.05, 3.63) is 22.7 Å². The maximum atomic E-state index is 4.27. The van der Waals surface area contributed by atoms with E-state index in [2.05, 4.69) is 39.7 Å². The molecular formula is C8H11BrN2. The molecule has 0 N–H and O–H groups in total. The van der Waals surface area contributed by atoms with Crippen LogP contribution in [0.25, 0.3) is 0 Å². The normalized spacial score (nSPS) is 10.5. The number of hydrogen-bond acceptors (Lipinski definition) is 2. The van der Waals surface area contributed by atoms with Gasteiger partial charge in [0.1, 0.15) is 4.60 Å². The van der Waals surface area contributed by atoms with Crippen LogP contribution in [0.15, 0.2) is 17.0 Å². The highest BCUT2D eigenvalue weighted by Gasteiger charge is 1.99. The van der Waals surface area contributed by atoms with E-state index in [0.717, 1.165) is 16.7 Å². The zero-order valence-corrected chi connectivity index (χ0v) is 8.30. The Morgan fingerprint density at radius 2 is 2.18 bits per heavy atom. The number of aromatic nitrogens is 2. The second kappa shape index (κ2) is 3.81. The number of rotatable bonds is 2. The van der Waals surface area contributed by atoms with Gasteiger partial charge >= 0.3 is 0 Å². The SMILES string of the molecule is CC(C)Cc1cncc(Br)n1. The highest BCUT2D eigenvalue weighted by molar-refractivity contribution is 9.10. The van der Waals surface area contributed by atoms with Crippen molar-refractivity contribution >= 4 is 15.9 Å². The van der Waals surface area contributed by atoms with Crippen LogP contribution >= 0.6 is 15.9 Å². The van der Waals surface area contributed by atoms with Gasteiger partial charge in [-0.05, 0) is 28.3 Å². The third-order valence-electron chi connectivity index (χ3n) is 1.27. The minimum atomic E-state index is 0.638. The molecule has 0 aromatic carbocycles. The fourth-order valence-corrected chi connectivity index (χ4v) is 1.24. The van der Waals surface area contributed by atoms with Crippen molar-refractivity contribution in [2.45, 2.75) is 20.3 Å². The topological polar surface area (TPSA) is 25.8 Å².